The quantitative estimate of drug-likeness (QED) is 0.201. The maximum atomic E-state index is 12.9. The Labute approximate surface area is 242 Å². The molecule has 0 saturated heterocycles. The van der Waals surface area contributed by atoms with Gasteiger partial charge in [0.2, 0.25) is 0 Å². The molecular weight excluding hydrogens is 530 g/mol. The monoisotopic (exact) mass is 567 g/mol. The normalized spacial score (nSPS) is 12.6. The SMILES string of the molecule is CCCCS(=O)(=O)c1ccc2nn(-c3cc(C(C)(C)c4ccccc4)cc(C(C)(C)c4ccccc4)c3O)nc2c1. The third-order valence-corrected chi connectivity index (χ3v) is 9.97. The zero-order valence-corrected chi connectivity index (χ0v) is 25.1. The number of hydrogen-bond acceptors (Lipinski definition) is 5. The molecule has 212 valence electrons. The molecule has 0 amide bonds. The van der Waals surface area contributed by atoms with Gasteiger partial charge in [0.05, 0.1) is 10.6 Å². The highest BCUT2D eigenvalue weighted by Crippen LogP contribution is 2.44. The van der Waals surface area contributed by atoms with E-state index in [0.29, 0.717) is 23.1 Å². The van der Waals surface area contributed by atoms with E-state index >= 15 is 0 Å². The van der Waals surface area contributed by atoms with Crippen LogP contribution >= 0.6 is 0 Å². The van der Waals surface area contributed by atoms with Gasteiger partial charge in [0.15, 0.2) is 9.84 Å². The van der Waals surface area contributed by atoms with Crippen molar-refractivity contribution in [1.82, 2.24) is 15.0 Å². The number of benzene rings is 4. The van der Waals surface area contributed by atoms with Crippen LogP contribution in [0.25, 0.3) is 16.7 Å². The van der Waals surface area contributed by atoms with E-state index in [4.69, 9.17) is 0 Å². The standard InChI is InChI=1S/C34H37N3O3S/c1-6-7-20-41(39,40)27-18-19-29-30(23-27)36-37(35-29)31-22-26(33(2,3)24-14-10-8-11-15-24)21-28(32(31)38)34(4,5)25-16-12-9-13-17-25/h8-19,21-23,38H,6-7,20H2,1-5H3. The van der Waals surface area contributed by atoms with Crippen molar-refractivity contribution in [2.45, 2.75) is 63.2 Å². The highest BCUT2D eigenvalue weighted by atomic mass is 32.2. The molecule has 0 radical (unpaired) electrons. The van der Waals surface area contributed by atoms with Crippen LogP contribution in [0.15, 0.2) is 95.9 Å². The van der Waals surface area contributed by atoms with Crippen LogP contribution in [0.3, 0.4) is 0 Å². The zero-order chi connectivity index (χ0) is 29.4. The number of sulfone groups is 1. The van der Waals surface area contributed by atoms with Crippen LogP contribution in [0.2, 0.25) is 0 Å². The number of aromatic hydroxyl groups is 1. The second kappa shape index (κ2) is 10.8. The fourth-order valence-corrected chi connectivity index (χ4v) is 6.76. The molecule has 0 aliphatic carbocycles. The van der Waals surface area contributed by atoms with Crippen LogP contribution in [-0.2, 0) is 20.7 Å². The largest absolute Gasteiger partial charge is 0.505 e. The summed E-state index contributed by atoms with van der Waals surface area (Å²) in [4.78, 5) is 1.66. The van der Waals surface area contributed by atoms with Gasteiger partial charge in [0, 0.05) is 16.4 Å². The Morgan fingerprint density at radius 1 is 0.732 bits per heavy atom. The van der Waals surface area contributed by atoms with Gasteiger partial charge in [-0.25, -0.2) is 8.42 Å². The van der Waals surface area contributed by atoms with Crippen molar-refractivity contribution in [3.05, 3.63) is 113 Å². The Morgan fingerprint density at radius 3 is 1.93 bits per heavy atom. The number of fused-ring (bicyclic) bond motifs is 1. The molecule has 0 fully saturated rings. The van der Waals surface area contributed by atoms with Gasteiger partial charge in [0.1, 0.15) is 22.5 Å². The van der Waals surface area contributed by atoms with Crippen molar-refractivity contribution < 1.29 is 13.5 Å². The molecule has 0 spiro atoms. The van der Waals surface area contributed by atoms with E-state index in [9.17, 15) is 13.5 Å². The van der Waals surface area contributed by atoms with Gasteiger partial charge in [-0.15, -0.1) is 15.0 Å². The fraction of sp³-hybridized carbons (Fsp3) is 0.294. The summed E-state index contributed by atoms with van der Waals surface area (Å²) < 4.78 is 25.7. The van der Waals surface area contributed by atoms with Gasteiger partial charge < -0.3 is 5.11 Å². The molecule has 5 aromatic rings. The maximum absolute atomic E-state index is 12.9. The topological polar surface area (TPSA) is 85.1 Å². The van der Waals surface area contributed by atoms with Gasteiger partial charge in [0.25, 0.3) is 0 Å². The van der Waals surface area contributed by atoms with E-state index in [-0.39, 0.29) is 16.4 Å². The molecule has 0 bridgehead atoms. The van der Waals surface area contributed by atoms with Crippen LogP contribution in [0.4, 0.5) is 0 Å². The second-order valence-corrected chi connectivity index (χ2v) is 13.8. The van der Waals surface area contributed by atoms with Crippen molar-refractivity contribution >= 4 is 20.9 Å². The van der Waals surface area contributed by atoms with E-state index in [0.717, 1.165) is 28.7 Å². The minimum absolute atomic E-state index is 0.0857. The number of hydrogen-bond donors (Lipinski definition) is 1. The maximum Gasteiger partial charge on any atom is 0.178 e. The van der Waals surface area contributed by atoms with Gasteiger partial charge in [-0.2, -0.15) is 0 Å². The third kappa shape index (κ3) is 5.38. The van der Waals surface area contributed by atoms with Crippen LogP contribution in [0.1, 0.15) is 69.7 Å². The number of nitrogens with zero attached hydrogens (tertiary/aromatic N) is 3. The molecule has 1 aromatic heterocycles. The van der Waals surface area contributed by atoms with Gasteiger partial charge >= 0.3 is 0 Å². The van der Waals surface area contributed by atoms with E-state index in [1.165, 1.54) is 4.80 Å². The molecule has 0 aliphatic rings. The van der Waals surface area contributed by atoms with E-state index < -0.39 is 20.7 Å². The highest BCUT2D eigenvalue weighted by Gasteiger charge is 2.32. The Hall–Kier alpha value is -3.97. The summed E-state index contributed by atoms with van der Waals surface area (Å²) in [5.41, 5.74) is 4.49. The molecule has 7 heteroatoms. The molecular formula is C34H37N3O3S. The number of aromatic nitrogens is 3. The van der Waals surface area contributed by atoms with E-state index in [1.54, 1.807) is 18.2 Å². The fourth-order valence-electron chi connectivity index (χ4n) is 5.29. The Balaban J connectivity index is 1.71. The summed E-state index contributed by atoms with van der Waals surface area (Å²) in [6.07, 6.45) is 1.40. The average Bonchev–Trinajstić information content (AvgIpc) is 3.40. The minimum atomic E-state index is -3.42. The van der Waals surface area contributed by atoms with Gasteiger partial charge in [-0.3, -0.25) is 0 Å². The molecule has 4 aromatic carbocycles. The first kappa shape index (κ1) is 28.6. The van der Waals surface area contributed by atoms with Crippen LogP contribution in [0, 0.1) is 0 Å². The van der Waals surface area contributed by atoms with Gasteiger partial charge in [-0.1, -0.05) is 108 Å². The van der Waals surface area contributed by atoms with Crippen LogP contribution < -0.4 is 0 Å². The summed E-state index contributed by atoms with van der Waals surface area (Å²) >= 11 is 0. The van der Waals surface area contributed by atoms with Crippen LogP contribution in [0.5, 0.6) is 5.75 Å². The molecule has 0 unspecified atom stereocenters. The van der Waals surface area contributed by atoms with Crippen LogP contribution in [-0.4, -0.2) is 34.3 Å². The number of unbranched alkanes of at least 4 members (excludes halogenated alkanes) is 1. The number of phenolic OH excluding ortho intramolecular Hbond substituents is 1. The first-order valence-corrected chi connectivity index (χ1v) is 15.7. The number of rotatable bonds is 9. The third-order valence-electron chi connectivity index (χ3n) is 8.17. The number of phenols is 1. The molecule has 0 saturated carbocycles. The molecule has 1 N–H and O–H groups in total. The summed E-state index contributed by atoms with van der Waals surface area (Å²) in [6.45, 7) is 10.5. The Bertz CT molecular complexity index is 1790. The smallest absolute Gasteiger partial charge is 0.178 e. The van der Waals surface area contributed by atoms with Crippen molar-refractivity contribution in [1.29, 1.82) is 0 Å². The zero-order valence-electron chi connectivity index (χ0n) is 24.3. The average molecular weight is 568 g/mol. The summed E-state index contributed by atoms with van der Waals surface area (Å²) in [5, 5.41) is 21.2. The molecule has 0 atom stereocenters. The molecule has 41 heavy (non-hydrogen) atoms. The molecule has 1 heterocycles. The first-order chi connectivity index (χ1) is 19.4. The predicted octanol–water partition coefficient (Wildman–Crippen LogP) is 7.35. The Kier molecular flexibility index (Phi) is 7.51. The Morgan fingerprint density at radius 2 is 1.32 bits per heavy atom. The van der Waals surface area contributed by atoms with Crippen molar-refractivity contribution in [3.63, 3.8) is 0 Å². The van der Waals surface area contributed by atoms with Gasteiger partial charge in [-0.05, 0) is 47.4 Å². The van der Waals surface area contributed by atoms with E-state index in [1.807, 2.05) is 49.4 Å². The molecule has 5 rings (SSSR count). The summed E-state index contributed by atoms with van der Waals surface area (Å²) in [7, 11) is -3.42. The predicted molar refractivity (Wildman–Crippen MR) is 165 cm³/mol. The van der Waals surface area contributed by atoms with Crippen molar-refractivity contribution in [2.75, 3.05) is 5.75 Å². The van der Waals surface area contributed by atoms with Crippen molar-refractivity contribution in [3.8, 4) is 11.4 Å². The minimum Gasteiger partial charge on any atom is -0.505 e. The highest BCUT2D eigenvalue weighted by molar-refractivity contribution is 7.91. The second-order valence-electron chi connectivity index (χ2n) is 11.7. The summed E-state index contributed by atoms with van der Waals surface area (Å²) in [5.74, 6) is 0.181. The lowest BCUT2D eigenvalue weighted by Gasteiger charge is -2.32. The summed E-state index contributed by atoms with van der Waals surface area (Å²) in [6, 6.07) is 29.3. The lowest BCUT2D eigenvalue weighted by Crippen LogP contribution is -2.24. The molecule has 6 nitrogen and oxygen atoms in total. The lowest BCUT2D eigenvalue weighted by atomic mass is 9.72. The lowest BCUT2D eigenvalue weighted by molar-refractivity contribution is 0.445. The first-order valence-electron chi connectivity index (χ1n) is 14.0. The van der Waals surface area contributed by atoms with E-state index in [2.05, 4.69) is 68.2 Å². The molecule has 0 aliphatic heterocycles. The van der Waals surface area contributed by atoms with Crippen molar-refractivity contribution in [2.24, 2.45) is 0 Å².